The summed E-state index contributed by atoms with van der Waals surface area (Å²) in [5, 5.41) is 0.0516. The standard InChI is InChI=1S/C29H52O8Si/c1-12-33-20(3)36-27-21-13-14-34-26(21)25(37-38(10,11)28(4,5)6)19(2)24-22(31-9)17-23(29(24,27)7)35-18-32-16-15-30-8/h13-14,19-20,22-25,27H,12,15-18H2,1-11H3/t19-,20?,22-,23+,24+,25+,27-,29+/m0/s1. The Morgan fingerprint density at radius 1 is 1.18 bits per heavy atom. The summed E-state index contributed by atoms with van der Waals surface area (Å²) in [5.41, 5.74) is 0.544. The Balaban J connectivity index is 2.09. The van der Waals surface area contributed by atoms with Gasteiger partial charge in [-0.1, -0.05) is 34.6 Å². The van der Waals surface area contributed by atoms with Crippen LogP contribution in [0.5, 0.6) is 0 Å². The molecule has 0 N–H and O–H groups in total. The van der Waals surface area contributed by atoms with Crippen LogP contribution in [0.4, 0.5) is 0 Å². The maximum Gasteiger partial charge on any atom is 0.193 e. The van der Waals surface area contributed by atoms with Gasteiger partial charge >= 0.3 is 0 Å². The van der Waals surface area contributed by atoms with Crippen molar-refractivity contribution in [3.63, 3.8) is 0 Å². The van der Waals surface area contributed by atoms with Crippen LogP contribution >= 0.6 is 0 Å². The zero-order chi connectivity index (χ0) is 28.3. The van der Waals surface area contributed by atoms with Crippen molar-refractivity contribution in [2.24, 2.45) is 17.3 Å². The van der Waals surface area contributed by atoms with E-state index in [2.05, 4.69) is 47.7 Å². The van der Waals surface area contributed by atoms with E-state index in [-0.39, 0.29) is 48.1 Å². The highest BCUT2D eigenvalue weighted by atomic mass is 28.4. The molecule has 0 saturated heterocycles. The Kier molecular flexibility index (Phi) is 10.7. The minimum Gasteiger partial charge on any atom is -0.466 e. The molecule has 1 aromatic heterocycles. The molecule has 0 bridgehead atoms. The molecule has 2 aliphatic carbocycles. The first-order chi connectivity index (χ1) is 17.8. The number of rotatable bonds is 13. The summed E-state index contributed by atoms with van der Waals surface area (Å²) in [4.78, 5) is 0. The van der Waals surface area contributed by atoms with E-state index in [4.69, 9.17) is 37.3 Å². The zero-order valence-electron chi connectivity index (χ0n) is 25.5. The van der Waals surface area contributed by atoms with Gasteiger partial charge in [-0.3, -0.25) is 0 Å². The molecule has 38 heavy (non-hydrogen) atoms. The average Bonchev–Trinajstić information content (AvgIpc) is 3.41. The maximum absolute atomic E-state index is 7.15. The Morgan fingerprint density at radius 3 is 2.50 bits per heavy atom. The first-order valence-corrected chi connectivity index (χ1v) is 17.0. The third-order valence-electron chi connectivity index (χ3n) is 9.18. The molecule has 1 heterocycles. The van der Waals surface area contributed by atoms with Crippen LogP contribution in [0.15, 0.2) is 16.7 Å². The van der Waals surface area contributed by atoms with Gasteiger partial charge in [0.25, 0.3) is 0 Å². The summed E-state index contributed by atoms with van der Waals surface area (Å²) in [6.45, 7) is 21.6. The molecule has 8 nitrogen and oxygen atoms in total. The number of fused-ring (bicyclic) bond motifs is 2. The van der Waals surface area contributed by atoms with Crippen molar-refractivity contribution in [2.45, 2.75) is 104 Å². The monoisotopic (exact) mass is 556 g/mol. The third kappa shape index (κ3) is 6.25. The minimum absolute atomic E-state index is 0.0398. The van der Waals surface area contributed by atoms with Gasteiger partial charge < -0.3 is 37.3 Å². The molecule has 0 amide bonds. The smallest absolute Gasteiger partial charge is 0.193 e. The molecule has 8 atom stereocenters. The molecular weight excluding hydrogens is 504 g/mol. The maximum atomic E-state index is 7.15. The molecule has 0 spiro atoms. The second-order valence-electron chi connectivity index (χ2n) is 12.5. The molecule has 2 aliphatic rings. The van der Waals surface area contributed by atoms with E-state index in [0.29, 0.717) is 19.8 Å². The van der Waals surface area contributed by atoms with Gasteiger partial charge in [-0.05, 0) is 44.0 Å². The summed E-state index contributed by atoms with van der Waals surface area (Å²) in [6, 6.07) is 2.04. The van der Waals surface area contributed by atoms with Crippen molar-refractivity contribution in [1.29, 1.82) is 0 Å². The van der Waals surface area contributed by atoms with Gasteiger partial charge in [0.1, 0.15) is 18.7 Å². The highest BCUT2D eigenvalue weighted by molar-refractivity contribution is 6.74. The Hall–Kier alpha value is -0.783. The largest absolute Gasteiger partial charge is 0.466 e. The molecule has 9 heteroatoms. The van der Waals surface area contributed by atoms with Crippen molar-refractivity contribution in [3.8, 4) is 0 Å². The van der Waals surface area contributed by atoms with E-state index < -0.39 is 20.0 Å². The van der Waals surface area contributed by atoms with E-state index in [1.807, 2.05) is 19.9 Å². The lowest BCUT2D eigenvalue weighted by Crippen LogP contribution is -2.47. The second kappa shape index (κ2) is 12.8. The van der Waals surface area contributed by atoms with Crippen LogP contribution in [0.3, 0.4) is 0 Å². The average molecular weight is 557 g/mol. The second-order valence-corrected chi connectivity index (χ2v) is 17.3. The van der Waals surface area contributed by atoms with Gasteiger partial charge in [-0.25, -0.2) is 0 Å². The number of hydrogen-bond donors (Lipinski definition) is 0. The van der Waals surface area contributed by atoms with E-state index in [9.17, 15) is 0 Å². The molecule has 0 aromatic carbocycles. The van der Waals surface area contributed by atoms with E-state index in [1.54, 1.807) is 20.5 Å². The molecule has 1 fully saturated rings. The fraction of sp³-hybridized carbons (Fsp3) is 0.862. The molecule has 0 radical (unpaired) electrons. The lowest BCUT2D eigenvalue weighted by Gasteiger charge is -2.45. The molecule has 1 saturated carbocycles. The van der Waals surface area contributed by atoms with Crippen molar-refractivity contribution in [1.82, 2.24) is 0 Å². The number of furan rings is 1. The van der Waals surface area contributed by atoms with E-state index in [0.717, 1.165) is 17.7 Å². The Labute approximate surface area is 231 Å². The van der Waals surface area contributed by atoms with Crippen LogP contribution < -0.4 is 0 Å². The zero-order valence-corrected chi connectivity index (χ0v) is 26.5. The van der Waals surface area contributed by atoms with Crippen molar-refractivity contribution in [2.75, 3.05) is 40.8 Å². The van der Waals surface area contributed by atoms with Crippen LogP contribution in [0.1, 0.15) is 78.4 Å². The van der Waals surface area contributed by atoms with Gasteiger partial charge in [0.15, 0.2) is 14.6 Å². The molecule has 3 rings (SSSR count). The summed E-state index contributed by atoms with van der Waals surface area (Å²) < 4.78 is 49.5. The molecule has 1 unspecified atom stereocenters. The van der Waals surface area contributed by atoms with E-state index in [1.165, 1.54) is 0 Å². The summed E-state index contributed by atoms with van der Waals surface area (Å²) in [7, 11) is 1.31. The SMILES string of the molecule is CCOC(C)O[C@H]1c2ccoc2[C@H](O[Si](C)(C)C(C)(C)C)[C@@H](C)[C@@H]2[C@@H](OC)C[C@@H](OCOCCOC)[C@]21C. The highest BCUT2D eigenvalue weighted by Crippen LogP contribution is 2.63. The van der Waals surface area contributed by atoms with Gasteiger partial charge in [-0.2, -0.15) is 0 Å². The number of hydrogen-bond acceptors (Lipinski definition) is 8. The fourth-order valence-corrected chi connectivity index (χ4v) is 7.49. The summed E-state index contributed by atoms with van der Waals surface area (Å²) in [6.07, 6.45) is 1.31. The van der Waals surface area contributed by atoms with Crippen molar-refractivity contribution in [3.05, 3.63) is 23.7 Å². The first kappa shape index (κ1) is 31.7. The van der Waals surface area contributed by atoms with Crippen LogP contribution in [-0.4, -0.2) is 67.6 Å². The summed E-state index contributed by atoms with van der Waals surface area (Å²) in [5.74, 6) is 1.01. The number of ether oxygens (including phenoxy) is 6. The molecule has 220 valence electrons. The van der Waals surface area contributed by atoms with Gasteiger partial charge in [0.05, 0.1) is 37.8 Å². The minimum atomic E-state index is -2.15. The Morgan fingerprint density at radius 2 is 1.89 bits per heavy atom. The predicted molar refractivity (Wildman–Crippen MR) is 148 cm³/mol. The van der Waals surface area contributed by atoms with Crippen LogP contribution in [-0.2, 0) is 32.8 Å². The normalized spacial score (nSPS) is 32.6. The van der Waals surface area contributed by atoms with Gasteiger partial charge in [-0.15, -0.1) is 0 Å². The number of methoxy groups -OCH3 is 2. The lowest BCUT2D eigenvalue weighted by molar-refractivity contribution is -0.225. The topological polar surface area (TPSA) is 77.8 Å². The van der Waals surface area contributed by atoms with Crippen molar-refractivity contribution >= 4 is 8.32 Å². The fourth-order valence-electron chi connectivity index (χ4n) is 6.18. The molecular formula is C29H52O8Si. The Bertz CT molecular complexity index is 867. The molecule has 1 aromatic rings. The van der Waals surface area contributed by atoms with Crippen LogP contribution in [0, 0.1) is 17.3 Å². The quantitative estimate of drug-likeness (QED) is 0.155. The van der Waals surface area contributed by atoms with Crippen LogP contribution in [0.25, 0.3) is 0 Å². The van der Waals surface area contributed by atoms with Crippen molar-refractivity contribution < 1.29 is 37.3 Å². The van der Waals surface area contributed by atoms with Gasteiger partial charge in [0.2, 0.25) is 0 Å². The highest BCUT2D eigenvalue weighted by Gasteiger charge is 2.64. The predicted octanol–water partition coefficient (Wildman–Crippen LogP) is 6.48. The summed E-state index contributed by atoms with van der Waals surface area (Å²) >= 11 is 0. The van der Waals surface area contributed by atoms with E-state index >= 15 is 0 Å². The lowest BCUT2D eigenvalue weighted by atomic mass is 9.68. The van der Waals surface area contributed by atoms with Crippen LogP contribution in [0.2, 0.25) is 18.1 Å². The first-order valence-electron chi connectivity index (χ1n) is 14.1. The molecule has 0 aliphatic heterocycles. The third-order valence-corrected chi connectivity index (χ3v) is 13.6. The van der Waals surface area contributed by atoms with Gasteiger partial charge in [0, 0.05) is 44.1 Å².